The Bertz CT molecular complexity index is 875. The lowest BCUT2D eigenvalue weighted by Crippen LogP contribution is -2.37. The first-order valence-corrected chi connectivity index (χ1v) is 10.2. The quantitative estimate of drug-likeness (QED) is 0.290. The van der Waals surface area contributed by atoms with Crippen LogP contribution >= 0.6 is 0 Å². The van der Waals surface area contributed by atoms with E-state index in [4.69, 9.17) is 14.2 Å². The van der Waals surface area contributed by atoms with Crippen molar-refractivity contribution in [2.45, 2.75) is 64.2 Å². The predicted molar refractivity (Wildman–Crippen MR) is 107 cm³/mol. The summed E-state index contributed by atoms with van der Waals surface area (Å²) in [5.74, 6) is -2.48. The molecule has 31 heavy (non-hydrogen) atoms. The van der Waals surface area contributed by atoms with Crippen LogP contribution in [0.1, 0.15) is 56.3 Å². The normalized spacial score (nSPS) is 15.4. The van der Waals surface area contributed by atoms with E-state index in [1.807, 2.05) is 0 Å². The lowest BCUT2D eigenvalue weighted by Gasteiger charge is -2.33. The summed E-state index contributed by atoms with van der Waals surface area (Å²) in [6.07, 6.45) is -0.0328. The molecule has 0 aromatic heterocycles. The fourth-order valence-electron chi connectivity index (χ4n) is 3.45. The average Bonchev–Trinajstić information content (AvgIpc) is 2.69. The van der Waals surface area contributed by atoms with E-state index in [9.17, 15) is 18.0 Å². The Morgan fingerprint density at radius 2 is 1.58 bits per heavy atom. The SMILES string of the molecule is CC(C)(Oc1cc(C(=O)Oc2ccccc2)ccc1OC(F)(F)F)OC1CCCCC1. The van der Waals surface area contributed by atoms with Crippen LogP contribution in [0.4, 0.5) is 13.2 Å². The van der Waals surface area contributed by atoms with E-state index in [-0.39, 0.29) is 17.4 Å². The van der Waals surface area contributed by atoms with Gasteiger partial charge in [0.1, 0.15) is 5.75 Å². The van der Waals surface area contributed by atoms with Gasteiger partial charge in [0.25, 0.3) is 0 Å². The van der Waals surface area contributed by atoms with E-state index in [0.29, 0.717) is 5.75 Å². The highest BCUT2D eigenvalue weighted by molar-refractivity contribution is 5.91. The Labute approximate surface area is 179 Å². The summed E-state index contributed by atoms with van der Waals surface area (Å²) in [7, 11) is 0. The zero-order chi connectivity index (χ0) is 22.5. The number of benzene rings is 2. The van der Waals surface area contributed by atoms with E-state index < -0.39 is 23.9 Å². The molecule has 0 unspecified atom stereocenters. The van der Waals surface area contributed by atoms with Gasteiger partial charge in [-0.25, -0.2) is 4.79 Å². The topological polar surface area (TPSA) is 54.0 Å². The van der Waals surface area contributed by atoms with Gasteiger partial charge in [0.2, 0.25) is 5.79 Å². The molecular formula is C23H25F3O5. The molecule has 0 spiro atoms. The number of carbonyl (C=O) groups excluding carboxylic acids is 1. The summed E-state index contributed by atoms with van der Waals surface area (Å²) in [5.41, 5.74) is 0.0156. The number of rotatable bonds is 7. The monoisotopic (exact) mass is 438 g/mol. The lowest BCUT2D eigenvalue weighted by molar-refractivity contribution is -0.276. The van der Waals surface area contributed by atoms with Crippen molar-refractivity contribution in [2.24, 2.45) is 0 Å². The van der Waals surface area contributed by atoms with Crippen LogP contribution in [0.5, 0.6) is 17.2 Å². The second-order valence-corrected chi connectivity index (χ2v) is 7.79. The molecule has 168 valence electrons. The summed E-state index contributed by atoms with van der Waals surface area (Å²) >= 11 is 0. The highest BCUT2D eigenvalue weighted by atomic mass is 19.4. The largest absolute Gasteiger partial charge is 0.573 e. The molecule has 0 amide bonds. The highest BCUT2D eigenvalue weighted by Crippen LogP contribution is 2.37. The van der Waals surface area contributed by atoms with Gasteiger partial charge in [-0.2, -0.15) is 0 Å². The Hall–Kier alpha value is -2.74. The number of halogens is 3. The van der Waals surface area contributed by atoms with Crippen molar-refractivity contribution >= 4 is 5.97 Å². The Morgan fingerprint density at radius 3 is 2.23 bits per heavy atom. The fraction of sp³-hybridized carbons (Fsp3) is 0.435. The fourth-order valence-corrected chi connectivity index (χ4v) is 3.45. The molecule has 0 N–H and O–H groups in total. The van der Waals surface area contributed by atoms with Gasteiger partial charge in [-0.05, 0) is 43.2 Å². The van der Waals surface area contributed by atoms with Crippen molar-refractivity contribution in [3.63, 3.8) is 0 Å². The minimum Gasteiger partial charge on any atom is -0.459 e. The van der Waals surface area contributed by atoms with Crippen LogP contribution in [0.25, 0.3) is 0 Å². The summed E-state index contributed by atoms with van der Waals surface area (Å²) in [6.45, 7) is 3.24. The first-order valence-electron chi connectivity index (χ1n) is 10.2. The van der Waals surface area contributed by atoms with Crippen LogP contribution in [0.15, 0.2) is 48.5 Å². The maximum atomic E-state index is 12.9. The van der Waals surface area contributed by atoms with Gasteiger partial charge in [-0.3, -0.25) is 0 Å². The molecular weight excluding hydrogens is 413 g/mol. The molecule has 2 aromatic rings. The molecule has 1 aliphatic carbocycles. The van der Waals surface area contributed by atoms with E-state index >= 15 is 0 Å². The summed E-state index contributed by atoms with van der Waals surface area (Å²) in [5, 5.41) is 0. The van der Waals surface area contributed by atoms with Crippen LogP contribution in [0.3, 0.4) is 0 Å². The molecule has 0 atom stereocenters. The predicted octanol–water partition coefficient (Wildman–Crippen LogP) is 6.27. The summed E-state index contributed by atoms with van der Waals surface area (Å²) in [6, 6.07) is 11.7. The minimum atomic E-state index is -4.92. The third-order valence-corrected chi connectivity index (χ3v) is 4.72. The van der Waals surface area contributed by atoms with Gasteiger partial charge in [0.05, 0.1) is 11.7 Å². The third-order valence-electron chi connectivity index (χ3n) is 4.72. The molecule has 1 saturated carbocycles. The Kier molecular flexibility index (Phi) is 7.10. The Balaban J connectivity index is 1.82. The molecule has 0 saturated heterocycles. The van der Waals surface area contributed by atoms with Crippen LogP contribution in [0.2, 0.25) is 0 Å². The maximum Gasteiger partial charge on any atom is 0.573 e. The van der Waals surface area contributed by atoms with Gasteiger partial charge in [0, 0.05) is 13.8 Å². The summed E-state index contributed by atoms with van der Waals surface area (Å²) in [4.78, 5) is 12.5. The van der Waals surface area contributed by atoms with Crippen molar-refractivity contribution in [3.8, 4) is 17.2 Å². The molecule has 2 aromatic carbocycles. The van der Waals surface area contributed by atoms with Crippen molar-refractivity contribution in [3.05, 3.63) is 54.1 Å². The van der Waals surface area contributed by atoms with E-state index in [0.717, 1.165) is 38.2 Å². The number of alkyl halides is 3. The molecule has 1 aliphatic rings. The van der Waals surface area contributed by atoms with E-state index in [1.54, 1.807) is 44.2 Å². The highest BCUT2D eigenvalue weighted by Gasteiger charge is 2.34. The third kappa shape index (κ3) is 7.17. The van der Waals surface area contributed by atoms with Crippen molar-refractivity contribution in [1.29, 1.82) is 0 Å². The van der Waals surface area contributed by atoms with Crippen molar-refractivity contribution in [1.82, 2.24) is 0 Å². The second-order valence-electron chi connectivity index (χ2n) is 7.79. The van der Waals surface area contributed by atoms with Gasteiger partial charge in [-0.15, -0.1) is 13.2 Å². The second kappa shape index (κ2) is 9.60. The van der Waals surface area contributed by atoms with Crippen molar-refractivity contribution < 1.29 is 36.9 Å². The standard InChI is InChI=1S/C23H25F3O5/c1-22(2,29-18-11-7-4-8-12-18)30-20-15-16(13-14-19(20)31-23(24,25)26)21(27)28-17-9-5-3-6-10-17/h3,5-6,9-10,13-15,18H,4,7-8,11-12H2,1-2H3. The molecule has 1 fully saturated rings. The first-order chi connectivity index (χ1) is 14.6. The molecule has 8 heteroatoms. The van der Waals surface area contributed by atoms with Crippen LogP contribution in [-0.2, 0) is 4.74 Å². The first kappa shape index (κ1) is 22.9. The number of esters is 1. The van der Waals surface area contributed by atoms with Crippen LogP contribution in [0, 0.1) is 0 Å². The molecule has 5 nitrogen and oxygen atoms in total. The Morgan fingerprint density at radius 1 is 0.903 bits per heavy atom. The zero-order valence-corrected chi connectivity index (χ0v) is 17.4. The van der Waals surface area contributed by atoms with Crippen LogP contribution < -0.4 is 14.2 Å². The molecule has 0 radical (unpaired) electrons. The molecule has 0 aliphatic heterocycles. The lowest BCUT2D eigenvalue weighted by atomic mass is 9.97. The molecule has 0 bridgehead atoms. The number of ether oxygens (including phenoxy) is 4. The van der Waals surface area contributed by atoms with Crippen molar-refractivity contribution in [2.75, 3.05) is 0 Å². The number of hydrogen-bond donors (Lipinski definition) is 0. The van der Waals surface area contributed by atoms with Gasteiger partial charge in [-0.1, -0.05) is 37.5 Å². The minimum absolute atomic E-state index is 0.0156. The van der Waals surface area contributed by atoms with E-state index in [2.05, 4.69) is 4.74 Å². The zero-order valence-electron chi connectivity index (χ0n) is 17.4. The number of para-hydroxylation sites is 1. The van der Waals surface area contributed by atoms with E-state index in [1.165, 1.54) is 12.1 Å². The number of hydrogen-bond acceptors (Lipinski definition) is 5. The maximum absolute atomic E-state index is 12.9. The number of carbonyl (C=O) groups is 1. The average molecular weight is 438 g/mol. The smallest absolute Gasteiger partial charge is 0.459 e. The molecule has 0 heterocycles. The van der Waals surface area contributed by atoms with Gasteiger partial charge < -0.3 is 18.9 Å². The van der Waals surface area contributed by atoms with Gasteiger partial charge in [0.15, 0.2) is 11.5 Å². The van der Waals surface area contributed by atoms with Gasteiger partial charge >= 0.3 is 12.3 Å². The summed E-state index contributed by atoms with van der Waals surface area (Å²) < 4.78 is 59.7. The molecule has 3 rings (SSSR count). The van der Waals surface area contributed by atoms with Crippen LogP contribution in [-0.4, -0.2) is 24.2 Å².